The van der Waals surface area contributed by atoms with Crippen LogP contribution in [0.2, 0.25) is 0 Å². The van der Waals surface area contributed by atoms with Gasteiger partial charge in [-0.15, -0.1) is 0 Å². The van der Waals surface area contributed by atoms with Gasteiger partial charge in [0.2, 0.25) is 0 Å². The third-order valence-electron chi connectivity index (χ3n) is 1.34. The van der Waals surface area contributed by atoms with Gasteiger partial charge in [-0.1, -0.05) is 15.9 Å². The van der Waals surface area contributed by atoms with Crippen LogP contribution in [0.1, 0.15) is 0 Å². The van der Waals surface area contributed by atoms with E-state index in [1.807, 2.05) is 18.2 Å². The van der Waals surface area contributed by atoms with Crippen LogP contribution in [-0.2, 0) is 0 Å². The van der Waals surface area contributed by atoms with Crippen LogP contribution in [0.3, 0.4) is 0 Å². The van der Waals surface area contributed by atoms with Gasteiger partial charge in [-0.05, 0) is 18.2 Å². The summed E-state index contributed by atoms with van der Waals surface area (Å²) in [7, 11) is 0. The average Bonchev–Trinajstić information content (AvgIpc) is 2.33. The first-order valence-electron chi connectivity index (χ1n) is 2.91. The molecule has 0 amide bonds. The molecule has 1 radical (unpaired) electrons. The third kappa shape index (κ3) is 0.847. The molecule has 0 aliphatic rings. The summed E-state index contributed by atoms with van der Waals surface area (Å²) in [5.41, 5.74) is 0.878. The molecule has 0 aliphatic carbocycles. The van der Waals surface area contributed by atoms with Gasteiger partial charge in [0.05, 0.1) is 6.26 Å². The molecule has 0 aliphatic heterocycles. The summed E-state index contributed by atoms with van der Waals surface area (Å²) in [6.07, 6.45) is 1.57. The molecular weight excluding hydrogens is 192 g/mol. The number of hydrogen-bond donors (Lipinski definition) is 0. The molecule has 0 bridgehead atoms. The molecule has 0 spiro atoms. The van der Waals surface area contributed by atoms with E-state index in [1.165, 1.54) is 0 Å². The molecule has 49 valence electrons. The Morgan fingerprint density at radius 2 is 2.30 bits per heavy atom. The number of halogens is 1. The van der Waals surface area contributed by atoms with Crippen molar-refractivity contribution in [3.05, 3.63) is 35.0 Å². The van der Waals surface area contributed by atoms with Crippen LogP contribution >= 0.6 is 15.9 Å². The first-order valence-corrected chi connectivity index (χ1v) is 3.70. The first kappa shape index (κ1) is 5.98. The summed E-state index contributed by atoms with van der Waals surface area (Å²) < 4.78 is 6.15. The Kier molecular flexibility index (Phi) is 1.27. The Hall–Kier alpha value is -0.760. The molecule has 2 rings (SSSR count). The highest BCUT2D eigenvalue weighted by Crippen LogP contribution is 2.19. The van der Waals surface area contributed by atoms with Crippen LogP contribution in [0.5, 0.6) is 0 Å². The highest BCUT2D eigenvalue weighted by Gasteiger charge is 1.94. The van der Waals surface area contributed by atoms with Crippen LogP contribution in [0.15, 0.2) is 33.4 Å². The van der Waals surface area contributed by atoms with E-state index < -0.39 is 0 Å². The van der Waals surface area contributed by atoms with E-state index in [9.17, 15) is 0 Å². The van der Waals surface area contributed by atoms with Crippen LogP contribution in [0.4, 0.5) is 0 Å². The van der Waals surface area contributed by atoms with Crippen LogP contribution in [0.25, 0.3) is 11.0 Å². The Balaban J connectivity index is 2.86. The van der Waals surface area contributed by atoms with E-state index in [4.69, 9.17) is 4.42 Å². The molecule has 0 atom stereocenters. The molecule has 0 saturated heterocycles. The number of furan rings is 1. The predicted octanol–water partition coefficient (Wildman–Crippen LogP) is 3.00. The molecule has 2 aromatic rings. The summed E-state index contributed by atoms with van der Waals surface area (Å²) in [5.74, 6) is 0. The van der Waals surface area contributed by atoms with Gasteiger partial charge in [0, 0.05) is 15.9 Å². The van der Waals surface area contributed by atoms with Gasteiger partial charge < -0.3 is 4.42 Å². The van der Waals surface area contributed by atoms with Crippen LogP contribution < -0.4 is 0 Å². The summed E-state index contributed by atoms with van der Waals surface area (Å²) >= 11 is 3.36. The lowest BCUT2D eigenvalue weighted by Crippen LogP contribution is -1.63. The van der Waals surface area contributed by atoms with E-state index in [0.717, 1.165) is 15.4 Å². The minimum Gasteiger partial charge on any atom is -0.464 e. The molecular formula is C8H4BrO. The molecule has 2 heteroatoms. The number of hydrogen-bond acceptors (Lipinski definition) is 1. The fraction of sp³-hybridized carbons (Fsp3) is 0. The van der Waals surface area contributed by atoms with Crippen molar-refractivity contribution >= 4 is 26.9 Å². The van der Waals surface area contributed by atoms with Crippen molar-refractivity contribution in [2.45, 2.75) is 0 Å². The van der Waals surface area contributed by atoms with Crippen molar-refractivity contribution in [2.75, 3.05) is 0 Å². The average molecular weight is 196 g/mol. The standard InChI is InChI=1S/C8H4BrO/c9-7-1-2-8-6(5-7)3-4-10-8/h1-2,4-5H. The monoisotopic (exact) mass is 195 g/mol. The van der Waals surface area contributed by atoms with Crippen molar-refractivity contribution < 1.29 is 4.42 Å². The fourth-order valence-electron chi connectivity index (χ4n) is 0.874. The smallest absolute Gasteiger partial charge is 0.134 e. The Bertz CT molecular complexity index is 351. The number of benzene rings is 1. The van der Waals surface area contributed by atoms with Gasteiger partial charge in [0.15, 0.2) is 0 Å². The van der Waals surface area contributed by atoms with E-state index >= 15 is 0 Å². The van der Waals surface area contributed by atoms with E-state index in [1.54, 1.807) is 6.26 Å². The third-order valence-corrected chi connectivity index (χ3v) is 1.84. The van der Waals surface area contributed by atoms with Crippen LogP contribution in [-0.4, -0.2) is 0 Å². The van der Waals surface area contributed by atoms with Gasteiger partial charge in [-0.2, -0.15) is 0 Å². The fourth-order valence-corrected chi connectivity index (χ4v) is 1.24. The Morgan fingerprint density at radius 1 is 1.40 bits per heavy atom. The molecule has 10 heavy (non-hydrogen) atoms. The van der Waals surface area contributed by atoms with Gasteiger partial charge in [-0.3, -0.25) is 0 Å². The van der Waals surface area contributed by atoms with Crippen molar-refractivity contribution in [1.82, 2.24) is 0 Å². The zero-order chi connectivity index (χ0) is 6.97. The number of fused-ring (bicyclic) bond motifs is 1. The second-order valence-electron chi connectivity index (χ2n) is 2.02. The lowest BCUT2D eigenvalue weighted by atomic mass is 10.3. The minimum absolute atomic E-state index is 0.878. The lowest BCUT2D eigenvalue weighted by molar-refractivity contribution is 0.615. The highest BCUT2D eigenvalue weighted by atomic mass is 79.9. The molecule has 1 nitrogen and oxygen atoms in total. The number of rotatable bonds is 0. The molecule has 1 aromatic heterocycles. The second-order valence-corrected chi connectivity index (χ2v) is 2.94. The minimum atomic E-state index is 0.878. The SMILES string of the molecule is Brc1ccc2oc[c]c2c1. The maximum Gasteiger partial charge on any atom is 0.134 e. The predicted molar refractivity (Wildman–Crippen MR) is 42.8 cm³/mol. The Morgan fingerprint density at radius 3 is 3.20 bits per heavy atom. The van der Waals surface area contributed by atoms with E-state index in [-0.39, 0.29) is 0 Å². The molecule has 1 aromatic carbocycles. The van der Waals surface area contributed by atoms with Gasteiger partial charge in [0.1, 0.15) is 5.58 Å². The van der Waals surface area contributed by atoms with E-state index in [2.05, 4.69) is 22.0 Å². The van der Waals surface area contributed by atoms with Gasteiger partial charge in [0.25, 0.3) is 0 Å². The molecule has 1 heterocycles. The van der Waals surface area contributed by atoms with Crippen molar-refractivity contribution in [3.63, 3.8) is 0 Å². The topological polar surface area (TPSA) is 13.1 Å². The second kappa shape index (κ2) is 2.13. The maximum absolute atomic E-state index is 5.10. The molecule has 0 unspecified atom stereocenters. The molecule has 0 N–H and O–H groups in total. The highest BCUT2D eigenvalue weighted by molar-refractivity contribution is 9.10. The normalized spacial score (nSPS) is 10.5. The molecule has 0 saturated carbocycles. The van der Waals surface area contributed by atoms with Gasteiger partial charge in [-0.25, -0.2) is 0 Å². The first-order chi connectivity index (χ1) is 4.86. The Labute approximate surface area is 66.8 Å². The van der Waals surface area contributed by atoms with Gasteiger partial charge >= 0.3 is 0 Å². The molecule has 0 fully saturated rings. The lowest BCUT2D eigenvalue weighted by Gasteiger charge is -1.87. The van der Waals surface area contributed by atoms with E-state index in [0.29, 0.717) is 0 Å². The maximum atomic E-state index is 5.10. The van der Waals surface area contributed by atoms with Crippen molar-refractivity contribution in [3.8, 4) is 0 Å². The summed E-state index contributed by atoms with van der Waals surface area (Å²) in [6.45, 7) is 0. The zero-order valence-electron chi connectivity index (χ0n) is 5.10. The quantitative estimate of drug-likeness (QED) is 0.631. The summed E-state index contributed by atoms with van der Waals surface area (Å²) in [5, 5.41) is 1.01. The van der Waals surface area contributed by atoms with Crippen molar-refractivity contribution in [2.24, 2.45) is 0 Å². The largest absolute Gasteiger partial charge is 0.464 e. The van der Waals surface area contributed by atoms with Crippen molar-refractivity contribution in [1.29, 1.82) is 0 Å². The van der Waals surface area contributed by atoms with Crippen LogP contribution in [0, 0.1) is 6.07 Å². The zero-order valence-corrected chi connectivity index (χ0v) is 6.68. The summed E-state index contributed by atoms with van der Waals surface area (Å²) in [4.78, 5) is 0. The summed E-state index contributed by atoms with van der Waals surface area (Å²) in [6, 6.07) is 8.79.